The van der Waals surface area contributed by atoms with Crippen molar-refractivity contribution in [3.63, 3.8) is 0 Å². The Balaban J connectivity index is 2.26. The highest BCUT2D eigenvalue weighted by Gasteiger charge is 2.23. The smallest absolute Gasteiger partial charge is 0.109 e. The maximum Gasteiger partial charge on any atom is 0.109 e. The Labute approximate surface area is 85.8 Å². The summed E-state index contributed by atoms with van der Waals surface area (Å²) in [5, 5.41) is 9.03. The van der Waals surface area contributed by atoms with Gasteiger partial charge in [-0.05, 0) is 41.9 Å². The molecule has 0 atom stereocenters. The molecule has 75 valence electrons. The molecule has 0 unspecified atom stereocenters. The minimum absolute atomic E-state index is 0.769. The fourth-order valence-corrected chi connectivity index (χ4v) is 1.91. The van der Waals surface area contributed by atoms with E-state index in [0.29, 0.717) is 0 Å². The predicted octanol–water partition coefficient (Wildman–Crippen LogP) is 3.40. The van der Waals surface area contributed by atoms with E-state index in [1.165, 1.54) is 37.0 Å². The molecular weight excluding hydrogens is 172 g/mol. The molecule has 0 heterocycles. The van der Waals surface area contributed by atoms with Crippen LogP contribution < -0.4 is 0 Å². The van der Waals surface area contributed by atoms with Crippen LogP contribution in [0.1, 0.15) is 48.8 Å². The van der Waals surface area contributed by atoms with Crippen molar-refractivity contribution in [1.29, 1.82) is 0 Å². The number of hydrogen-bond acceptors (Lipinski definition) is 1. The number of hydrogen-bond donors (Lipinski definition) is 1. The summed E-state index contributed by atoms with van der Waals surface area (Å²) in [4.78, 5) is 0. The van der Waals surface area contributed by atoms with Crippen LogP contribution in [0.15, 0.2) is 18.2 Å². The SMILES string of the molecule is CCCc1cc([CH]O)cc(C2CC2)c1. The molecule has 0 aromatic heterocycles. The fourth-order valence-electron chi connectivity index (χ4n) is 1.91. The van der Waals surface area contributed by atoms with E-state index in [9.17, 15) is 0 Å². The van der Waals surface area contributed by atoms with Gasteiger partial charge in [0.05, 0.1) is 0 Å². The monoisotopic (exact) mass is 189 g/mol. The maximum atomic E-state index is 9.03. The molecule has 1 aliphatic rings. The van der Waals surface area contributed by atoms with Crippen LogP contribution in [0.4, 0.5) is 0 Å². The van der Waals surface area contributed by atoms with Gasteiger partial charge in [0.1, 0.15) is 6.61 Å². The number of benzene rings is 1. The van der Waals surface area contributed by atoms with Crippen LogP contribution in [0.25, 0.3) is 0 Å². The Morgan fingerprint density at radius 3 is 2.71 bits per heavy atom. The van der Waals surface area contributed by atoms with E-state index < -0.39 is 0 Å². The van der Waals surface area contributed by atoms with E-state index >= 15 is 0 Å². The van der Waals surface area contributed by atoms with Gasteiger partial charge in [-0.2, -0.15) is 0 Å². The maximum absolute atomic E-state index is 9.03. The van der Waals surface area contributed by atoms with E-state index in [4.69, 9.17) is 5.11 Å². The van der Waals surface area contributed by atoms with Crippen molar-refractivity contribution in [1.82, 2.24) is 0 Å². The molecule has 1 fully saturated rings. The van der Waals surface area contributed by atoms with E-state index in [2.05, 4.69) is 25.1 Å². The second-order valence-corrected chi connectivity index (χ2v) is 4.16. The molecule has 0 bridgehead atoms. The van der Waals surface area contributed by atoms with Crippen molar-refractivity contribution in [2.45, 2.75) is 38.5 Å². The Morgan fingerprint density at radius 1 is 1.36 bits per heavy atom. The minimum atomic E-state index is 0.769. The average molecular weight is 189 g/mol. The second-order valence-electron chi connectivity index (χ2n) is 4.16. The molecule has 0 amide bonds. The topological polar surface area (TPSA) is 20.2 Å². The van der Waals surface area contributed by atoms with Gasteiger partial charge in [0.2, 0.25) is 0 Å². The highest BCUT2D eigenvalue weighted by molar-refractivity contribution is 5.36. The average Bonchev–Trinajstić information content (AvgIpc) is 3.01. The van der Waals surface area contributed by atoms with Gasteiger partial charge in [-0.25, -0.2) is 0 Å². The molecule has 1 aromatic rings. The number of aryl methyl sites for hydroxylation is 1. The van der Waals surface area contributed by atoms with E-state index in [0.717, 1.165) is 17.9 Å². The summed E-state index contributed by atoms with van der Waals surface area (Å²) in [6.45, 7) is 3.40. The first-order chi connectivity index (χ1) is 6.83. The van der Waals surface area contributed by atoms with Gasteiger partial charge in [0.25, 0.3) is 0 Å². The van der Waals surface area contributed by atoms with Gasteiger partial charge in [-0.1, -0.05) is 31.5 Å². The van der Waals surface area contributed by atoms with E-state index in [1.54, 1.807) is 0 Å². The molecule has 0 saturated heterocycles. The minimum Gasteiger partial charge on any atom is -0.385 e. The van der Waals surface area contributed by atoms with Gasteiger partial charge < -0.3 is 5.11 Å². The number of rotatable bonds is 4. The van der Waals surface area contributed by atoms with Crippen LogP contribution in [0.2, 0.25) is 0 Å². The lowest BCUT2D eigenvalue weighted by Gasteiger charge is -2.06. The Morgan fingerprint density at radius 2 is 2.14 bits per heavy atom. The molecule has 2 rings (SSSR count). The van der Waals surface area contributed by atoms with Crippen molar-refractivity contribution in [3.8, 4) is 0 Å². The van der Waals surface area contributed by atoms with Crippen molar-refractivity contribution < 1.29 is 5.11 Å². The van der Waals surface area contributed by atoms with Crippen molar-refractivity contribution in [3.05, 3.63) is 41.5 Å². The predicted molar refractivity (Wildman–Crippen MR) is 57.7 cm³/mol. The van der Waals surface area contributed by atoms with Crippen LogP contribution in [-0.2, 0) is 6.42 Å². The van der Waals surface area contributed by atoms with Crippen LogP contribution in [0, 0.1) is 6.61 Å². The zero-order valence-corrected chi connectivity index (χ0v) is 8.66. The second kappa shape index (κ2) is 4.14. The molecule has 0 spiro atoms. The Bertz CT molecular complexity index is 313. The highest BCUT2D eigenvalue weighted by Crippen LogP contribution is 2.40. The molecule has 1 nitrogen and oxygen atoms in total. The number of aliphatic hydroxyl groups is 1. The normalized spacial score (nSPS) is 15.9. The van der Waals surface area contributed by atoms with Gasteiger partial charge in [0, 0.05) is 0 Å². The largest absolute Gasteiger partial charge is 0.385 e. The zero-order valence-electron chi connectivity index (χ0n) is 8.66. The van der Waals surface area contributed by atoms with Gasteiger partial charge in [-0.15, -0.1) is 0 Å². The summed E-state index contributed by atoms with van der Waals surface area (Å²) in [6.07, 6.45) is 4.92. The number of aliphatic hydroxyl groups excluding tert-OH is 1. The lowest BCUT2D eigenvalue weighted by molar-refractivity contribution is 0.414. The molecule has 1 N–H and O–H groups in total. The first-order valence-electron chi connectivity index (χ1n) is 5.44. The molecule has 14 heavy (non-hydrogen) atoms. The molecule has 1 radical (unpaired) electrons. The van der Waals surface area contributed by atoms with Crippen LogP contribution >= 0.6 is 0 Å². The summed E-state index contributed by atoms with van der Waals surface area (Å²) in [5.74, 6) is 0.769. The van der Waals surface area contributed by atoms with E-state index in [-0.39, 0.29) is 0 Å². The summed E-state index contributed by atoms with van der Waals surface area (Å²) in [7, 11) is 0. The third kappa shape index (κ3) is 2.16. The lowest BCUT2D eigenvalue weighted by Crippen LogP contribution is -1.91. The third-order valence-electron chi connectivity index (χ3n) is 2.77. The van der Waals surface area contributed by atoms with Crippen LogP contribution in [0.5, 0.6) is 0 Å². The lowest BCUT2D eigenvalue weighted by atomic mass is 10.0. The van der Waals surface area contributed by atoms with Crippen LogP contribution in [-0.4, -0.2) is 5.11 Å². The Hall–Kier alpha value is -0.820. The van der Waals surface area contributed by atoms with Gasteiger partial charge in [-0.3, -0.25) is 0 Å². The molecule has 1 aromatic carbocycles. The first-order valence-corrected chi connectivity index (χ1v) is 5.44. The first kappa shape index (κ1) is 9.72. The molecule has 1 heteroatoms. The Kier molecular flexibility index (Phi) is 2.87. The molecular formula is C13H17O. The molecule has 0 aliphatic heterocycles. The van der Waals surface area contributed by atoms with Gasteiger partial charge in [0.15, 0.2) is 0 Å². The van der Waals surface area contributed by atoms with Crippen molar-refractivity contribution in [2.24, 2.45) is 0 Å². The standard InChI is InChI=1S/C13H17O/c1-2-3-10-6-11(9-14)8-13(7-10)12-4-5-12/h6-9,12,14H,2-5H2,1H3. The van der Waals surface area contributed by atoms with Crippen LogP contribution in [0.3, 0.4) is 0 Å². The van der Waals surface area contributed by atoms with Gasteiger partial charge >= 0.3 is 0 Å². The summed E-state index contributed by atoms with van der Waals surface area (Å²) in [5.41, 5.74) is 3.73. The zero-order chi connectivity index (χ0) is 9.97. The quantitative estimate of drug-likeness (QED) is 0.769. The summed E-state index contributed by atoms with van der Waals surface area (Å²) >= 11 is 0. The summed E-state index contributed by atoms with van der Waals surface area (Å²) in [6, 6.07) is 6.49. The molecule has 1 aliphatic carbocycles. The fraction of sp³-hybridized carbons (Fsp3) is 0.462. The van der Waals surface area contributed by atoms with Crippen molar-refractivity contribution in [2.75, 3.05) is 0 Å². The van der Waals surface area contributed by atoms with Crippen molar-refractivity contribution >= 4 is 0 Å². The molecule has 1 saturated carbocycles. The summed E-state index contributed by atoms with van der Waals surface area (Å²) < 4.78 is 0. The van der Waals surface area contributed by atoms with E-state index in [1.807, 2.05) is 0 Å². The third-order valence-corrected chi connectivity index (χ3v) is 2.77. The highest BCUT2D eigenvalue weighted by atomic mass is 16.3.